The van der Waals surface area contributed by atoms with E-state index in [2.05, 4.69) is 36.6 Å². The summed E-state index contributed by atoms with van der Waals surface area (Å²) in [6.07, 6.45) is 6.30. The average Bonchev–Trinajstić information content (AvgIpc) is 3.22. The highest BCUT2D eigenvalue weighted by atomic mass is 16.5. The fourth-order valence-electron chi connectivity index (χ4n) is 3.87. The first-order valence-corrected chi connectivity index (χ1v) is 10.5. The van der Waals surface area contributed by atoms with Crippen LogP contribution in [0.5, 0.6) is 0 Å². The van der Waals surface area contributed by atoms with E-state index < -0.39 is 0 Å². The molecule has 158 valence electrons. The van der Waals surface area contributed by atoms with Crippen LogP contribution < -0.4 is 10.2 Å². The Balaban J connectivity index is 1.39. The number of carbonyl (C=O) groups excluding carboxylic acids is 1. The van der Waals surface area contributed by atoms with Crippen LogP contribution in [0.2, 0.25) is 0 Å². The molecule has 4 heterocycles. The number of amides is 1. The van der Waals surface area contributed by atoms with Crippen LogP contribution in [-0.4, -0.2) is 73.2 Å². The number of ether oxygens (including phenoxy) is 1. The molecule has 1 fully saturated rings. The number of hydrogen-bond donors (Lipinski definition) is 1. The Morgan fingerprint density at radius 1 is 1.13 bits per heavy atom. The molecule has 1 saturated heterocycles. The zero-order valence-corrected chi connectivity index (χ0v) is 17.5. The van der Waals surface area contributed by atoms with Gasteiger partial charge in [0, 0.05) is 70.5 Å². The van der Waals surface area contributed by atoms with E-state index >= 15 is 0 Å². The standard InChI is InChI=1S/C23H29N5O2/c1-30-16-15-26-11-13-27(14-12-26)22-7-6-21-5-4-20(18-28(21)22)23(29)25-10-8-19-3-2-9-24-17-19/h2-7,9,17-18H,8,10-16H2,1H3,(H,25,29). The summed E-state index contributed by atoms with van der Waals surface area (Å²) in [6.45, 7) is 6.31. The minimum Gasteiger partial charge on any atom is -0.383 e. The van der Waals surface area contributed by atoms with E-state index in [0.717, 1.165) is 62.6 Å². The molecule has 0 aromatic carbocycles. The number of nitrogens with zero attached hydrogens (tertiary/aromatic N) is 4. The van der Waals surface area contributed by atoms with Crippen LogP contribution in [0.1, 0.15) is 15.9 Å². The molecule has 1 aliphatic rings. The Morgan fingerprint density at radius 3 is 2.73 bits per heavy atom. The predicted molar refractivity (Wildman–Crippen MR) is 118 cm³/mol. The van der Waals surface area contributed by atoms with E-state index in [9.17, 15) is 4.79 Å². The van der Waals surface area contributed by atoms with E-state index in [1.807, 2.05) is 36.7 Å². The normalized spacial score (nSPS) is 14.9. The molecule has 1 aliphatic heterocycles. The first-order chi connectivity index (χ1) is 14.7. The average molecular weight is 408 g/mol. The van der Waals surface area contributed by atoms with Gasteiger partial charge < -0.3 is 19.4 Å². The van der Waals surface area contributed by atoms with Crippen molar-refractivity contribution in [3.8, 4) is 0 Å². The number of hydrogen-bond acceptors (Lipinski definition) is 5. The van der Waals surface area contributed by atoms with E-state index in [1.165, 1.54) is 0 Å². The van der Waals surface area contributed by atoms with Crippen molar-refractivity contribution in [1.29, 1.82) is 0 Å². The van der Waals surface area contributed by atoms with Gasteiger partial charge in [0.2, 0.25) is 0 Å². The van der Waals surface area contributed by atoms with Gasteiger partial charge in [-0.2, -0.15) is 0 Å². The molecule has 0 aliphatic carbocycles. The maximum atomic E-state index is 12.7. The van der Waals surface area contributed by atoms with Gasteiger partial charge in [-0.05, 0) is 42.3 Å². The van der Waals surface area contributed by atoms with Gasteiger partial charge in [0.25, 0.3) is 5.91 Å². The fourth-order valence-corrected chi connectivity index (χ4v) is 3.87. The second-order valence-electron chi connectivity index (χ2n) is 7.59. The molecular formula is C23H29N5O2. The van der Waals surface area contributed by atoms with Crippen LogP contribution in [0.4, 0.5) is 5.82 Å². The third-order valence-electron chi connectivity index (χ3n) is 5.62. The SMILES string of the molecule is COCCN1CCN(c2ccc3ccc(C(=O)NCCc4cccnc4)cn23)CC1. The van der Waals surface area contributed by atoms with Gasteiger partial charge in [-0.15, -0.1) is 0 Å². The highest BCUT2D eigenvalue weighted by molar-refractivity contribution is 5.94. The third kappa shape index (κ3) is 4.80. The topological polar surface area (TPSA) is 62.1 Å². The summed E-state index contributed by atoms with van der Waals surface area (Å²) in [7, 11) is 1.75. The number of methoxy groups -OCH3 is 1. The van der Waals surface area contributed by atoms with Crippen molar-refractivity contribution < 1.29 is 9.53 Å². The Bertz CT molecular complexity index is 964. The lowest BCUT2D eigenvalue weighted by Gasteiger charge is -2.35. The Labute approximate surface area is 177 Å². The fraction of sp³-hybridized carbons (Fsp3) is 0.391. The Hall–Kier alpha value is -2.90. The molecule has 0 radical (unpaired) electrons. The van der Waals surface area contributed by atoms with E-state index in [0.29, 0.717) is 12.1 Å². The number of fused-ring (bicyclic) bond motifs is 1. The van der Waals surface area contributed by atoms with Gasteiger partial charge in [0.1, 0.15) is 5.82 Å². The first-order valence-electron chi connectivity index (χ1n) is 10.5. The molecule has 0 spiro atoms. The number of piperazine rings is 1. The lowest BCUT2D eigenvalue weighted by molar-refractivity contribution is 0.0953. The number of nitrogens with one attached hydrogen (secondary N) is 1. The van der Waals surface area contributed by atoms with Crippen molar-refractivity contribution >= 4 is 17.2 Å². The van der Waals surface area contributed by atoms with Crippen molar-refractivity contribution in [3.05, 3.63) is 66.1 Å². The van der Waals surface area contributed by atoms with E-state index in [-0.39, 0.29) is 5.91 Å². The van der Waals surface area contributed by atoms with Crippen LogP contribution in [0.15, 0.2) is 55.0 Å². The van der Waals surface area contributed by atoms with Crippen molar-refractivity contribution in [2.75, 3.05) is 57.9 Å². The number of aromatic nitrogens is 2. The number of carbonyl (C=O) groups is 1. The maximum Gasteiger partial charge on any atom is 0.252 e. The molecule has 3 aromatic rings. The maximum absolute atomic E-state index is 12.7. The Kier molecular flexibility index (Phi) is 6.61. The van der Waals surface area contributed by atoms with Crippen LogP contribution in [-0.2, 0) is 11.2 Å². The largest absolute Gasteiger partial charge is 0.383 e. The van der Waals surface area contributed by atoms with Gasteiger partial charge in [-0.1, -0.05) is 6.07 Å². The molecule has 1 amide bonds. The molecule has 30 heavy (non-hydrogen) atoms. The minimum atomic E-state index is -0.0511. The minimum absolute atomic E-state index is 0.0511. The summed E-state index contributed by atoms with van der Waals surface area (Å²) in [6, 6.07) is 12.1. The van der Waals surface area contributed by atoms with Crippen LogP contribution in [0.25, 0.3) is 5.52 Å². The molecule has 0 unspecified atom stereocenters. The smallest absolute Gasteiger partial charge is 0.252 e. The molecule has 0 bridgehead atoms. The number of anilines is 1. The van der Waals surface area contributed by atoms with E-state index in [1.54, 1.807) is 13.3 Å². The van der Waals surface area contributed by atoms with Gasteiger partial charge in [0.05, 0.1) is 12.2 Å². The van der Waals surface area contributed by atoms with Crippen molar-refractivity contribution in [3.63, 3.8) is 0 Å². The van der Waals surface area contributed by atoms with Gasteiger partial charge in [-0.3, -0.25) is 14.7 Å². The molecule has 1 N–H and O–H groups in total. The van der Waals surface area contributed by atoms with Crippen LogP contribution in [0, 0.1) is 0 Å². The van der Waals surface area contributed by atoms with E-state index in [4.69, 9.17) is 4.74 Å². The number of rotatable bonds is 8. The summed E-state index contributed by atoms with van der Waals surface area (Å²) in [5.41, 5.74) is 2.88. The molecule has 3 aromatic heterocycles. The molecule has 0 saturated carbocycles. The Morgan fingerprint density at radius 2 is 1.97 bits per heavy atom. The van der Waals surface area contributed by atoms with Crippen molar-refractivity contribution in [2.24, 2.45) is 0 Å². The molecular weight excluding hydrogens is 378 g/mol. The second-order valence-corrected chi connectivity index (χ2v) is 7.59. The molecule has 4 rings (SSSR count). The first kappa shape index (κ1) is 20.4. The molecule has 7 nitrogen and oxygen atoms in total. The zero-order chi connectivity index (χ0) is 20.8. The summed E-state index contributed by atoms with van der Waals surface area (Å²) in [5, 5.41) is 3.02. The summed E-state index contributed by atoms with van der Waals surface area (Å²) < 4.78 is 7.32. The summed E-state index contributed by atoms with van der Waals surface area (Å²) in [4.78, 5) is 21.6. The summed E-state index contributed by atoms with van der Waals surface area (Å²) >= 11 is 0. The monoisotopic (exact) mass is 407 g/mol. The van der Waals surface area contributed by atoms with Gasteiger partial charge >= 0.3 is 0 Å². The second kappa shape index (κ2) is 9.73. The lowest BCUT2D eigenvalue weighted by atomic mass is 10.2. The van der Waals surface area contributed by atoms with Crippen LogP contribution >= 0.6 is 0 Å². The molecule has 0 atom stereocenters. The van der Waals surface area contributed by atoms with Gasteiger partial charge in [0.15, 0.2) is 0 Å². The predicted octanol–water partition coefficient (Wildman–Crippen LogP) is 2.08. The van der Waals surface area contributed by atoms with Crippen molar-refractivity contribution in [2.45, 2.75) is 6.42 Å². The van der Waals surface area contributed by atoms with Crippen LogP contribution in [0.3, 0.4) is 0 Å². The molecule has 7 heteroatoms. The van der Waals surface area contributed by atoms with Crippen molar-refractivity contribution in [1.82, 2.24) is 19.6 Å². The highest BCUT2D eigenvalue weighted by Gasteiger charge is 2.19. The van der Waals surface area contributed by atoms with Gasteiger partial charge in [-0.25, -0.2) is 0 Å². The number of pyridine rings is 2. The zero-order valence-electron chi connectivity index (χ0n) is 17.5. The third-order valence-corrected chi connectivity index (χ3v) is 5.62. The highest BCUT2D eigenvalue weighted by Crippen LogP contribution is 2.22. The lowest BCUT2D eigenvalue weighted by Crippen LogP contribution is -2.47. The quantitative estimate of drug-likeness (QED) is 0.620. The summed E-state index contributed by atoms with van der Waals surface area (Å²) in [5.74, 6) is 1.09.